The number of nitriles is 1. The fourth-order valence-corrected chi connectivity index (χ4v) is 1.53. The van der Waals surface area contributed by atoms with Crippen molar-refractivity contribution in [3.05, 3.63) is 29.3 Å². The Morgan fingerprint density at radius 3 is 2.50 bits per heavy atom. The Labute approximate surface area is 97.3 Å². The fourth-order valence-electron chi connectivity index (χ4n) is 1.53. The zero-order valence-electron chi connectivity index (χ0n) is 10.2. The van der Waals surface area contributed by atoms with Gasteiger partial charge in [0.25, 0.3) is 0 Å². The minimum Gasteiger partial charge on any atom is -0.492 e. The zero-order valence-corrected chi connectivity index (χ0v) is 10.2. The molecule has 0 heterocycles. The molecule has 0 aliphatic carbocycles. The molecule has 0 aliphatic rings. The Bertz CT molecular complexity index is 362. The van der Waals surface area contributed by atoms with Crippen LogP contribution in [0.3, 0.4) is 0 Å². The summed E-state index contributed by atoms with van der Waals surface area (Å²) in [5.74, 6) is 0.966. The first-order chi connectivity index (χ1) is 7.65. The monoisotopic (exact) mass is 218 g/mol. The smallest absolute Gasteiger partial charge is 0.125 e. The van der Waals surface area contributed by atoms with Gasteiger partial charge in [0.05, 0.1) is 12.6 Å². The van der Waals surface area contributed by atoms with Crippen LogP contribution in [0.5, 0.6) is 5.75 Å². The summed E-state index contributed by atoms with van der Waals surface area (Å²) in [4.78, 5) is 1.94. The summed E-state index contributed by atoms with van der Waals surface area (Å²) >= 11 is 0. The maximum atomic E-state index is 8.51. The summed E-state index contributed by atoms with van der Waals surface area (Å²) in [6.07, 6.45) is 0. The standard InChI is InChI=1S/C13H18N2O/c1-11-5-4-6-12(2)13(11)16-10-9-15(3)8-7-14/h4-6H,8-10H2,1-3H3. The van der Waals surface area contributed by atoms with E-state index in [-0.39, 0.29) is 0 Å². The molecule has 0 atom stereocenters. The second-order valence-corrected chi connectivity index (χ2v) is 3.97. The van der Waals surface area contributed by atoms with E-state index >= 15 is 0 Å². The molecule has 3 nitrogen and oxygen atoms in total. The van der Waals surface area contributed by atoms with Gasteiger partial charge < -0.3 is 4.74 Å². The first-order valence-electron chi connectivity index (χ1n) is 5.39. The number of para-hydroxylation sites is 1. The topological polar surface area (TPSA) is 36.3 Å². The van der Waals surface area contributed by atoms with Crippen molar-refractivity contribution in [2.75, 3.05) is 26.7 Å². The fraction of sp³-hybridized carbons (Fsp3) is 0.462. The number of hydrogen-bond donors (Lipinski definition) is 0. The maximum Gasteiger partial charge on any atom is 0.125 e. The van der Waals surface area contributed by atoms with Crippen LogP contribution in [-0.4, -0.2) is 31.6 Å². The number of aryl methyl sites for hydroxylation is 2. The van der Waals surface area contributed by atoms with Gasteiger partial charge in [0, 0.05) is 6.54 Å². The molecule has 3 heteroatoms. The molecule has 1 aromatic carbocycles. The van der Waals surface area contributed by atoms with Crippen LogP contribution < -0.4 is 4.74 Å². The van der Waals surface area contributed by atoms with Crippen LogP contribution in [0.15, 0.2) is 18.2 Å². The summed E-state index contributed by atoms with van der Waals surface area (Å²) in [6, 6.07) is 8.22. The number of nitrogens with zero attached hydrogens (tertiary/aromatic N) is 2. The highest BCUT2D eigenvalue weighted by Gasteiger charge is 2.03. The summed E-state index contributed by atoms with van der Waals surface area (Å²) in [6.45, 7) is 5.91. The molecule has 0 aromatic heterocycles. The lowest BCUT2D eigenvalue weighted by molar-refractivity contribution is 0.249. The van der Waals surface area contributed by atoms with Gasteiger partial charge in [-0.25, -0.2) is 0 Å². The van der Waals surface area contributed by atoms with Crippen molar-refractivity contribution in [2.24, 2.45) is 0 Å². The third-order valence-electron chi connectivity index (χ3n) is 2.47. The summed E-state index contributed by atoms with van der Waals surface area (Å²) < 4.78 is 5.73. The van der Waals surface area contributed by atoms with Gasteiger partial charge in [-0.15, -0.1) is 0 Å². The van der Waals surface area contributed by atoms with Crippen LogP contribution in [-0.2, 0) is 0 Å². The molecule has 1 rings (SSSR count). The van der Waals surface area contributed by atoms with E-state index in [0.29, 0.717) is 13.2 Å². The van der Waals surface area contributed by atoms with Gasteiger partial charge in [-0.2, -0.15) is 5.26 Å². The van der Waals surface area contributed by atoms with E-state index in [1.54, 1.807) is 0 Å². The molecule has 0 unspecified atom stereocenters. The molecule has 1 aromatic rings. The van der Waals surface area contributed by atoms with Crippen LogP contribution in [0, 0.1) is 25.2 Å². The van der Waals surface area contributed by atoms with E-state index < -0.39 is 0 Å². The van der Waals surface area contributed by atoms with Gasteiger partial charge in [0.1, 0.15) is 12.4 Å². The van der Waals surface area contributed by atoms with Crippen molar-refractivity contribution in [1.82, 2.24) is 4.90 Å². The van der Waals surface area contributed by atoms with Crippen LogP contribution in [0.1, 0.15) is 11.1 Å². The van der Waals surface area contributed by atoms with E-state index in [0.717, 1.165) is 23.4 Å². The molecule has 0 radical (unpaired) electrons. The quantitative estimate of drug-likeness (QED) is 0.710. The van der Waals surface area contributed by atoms with Crippen LogP contribution >= 0.6 is 0 Å². The average molecular weight is 218 g/mol. The molecule has 0 bridgehead atoms. The largest absolute Gasteiger partial charge is 0.492 e. The molecule has 0 saturated carbocycles. The Morgan fingerprint density at radius 1 is 1.31 bits per heavy atom. The molecular weight excluding hydrogens is 200 g/mol. The number of ether oxygens (including phenoxy) is 1. The number of hydrogen-bond acceptors (Lipinski definition) is 3. The Kier molecular flexibility index (Phi) is 4.81. The molecule has 0 amide bonds. The Hall–Kier alpha value is -1.53. The third kappa shape index (κ3) is 3.56. The SMILES string of the molecule is Cc1cccc(C)c1OCCN(C)CC#N. The van der Waals surface area contributed by atoms with Crippen molar-refractivity contribution in [2.45, 2.75) is 13.8 Å². The highest BCUT2D eigenvalue weighted by atomic mass is 16.5. The number of likely N-dealkylation sites (N-methyl/N-ethyl adjacent to an activating group) is 1. The maximum absolute atomic E-state index is 8.51. The lowest BCUT2D eigenvalue weighted by Gasteiger charge is -2.15. The Morgan fingerprint density at radius 2 is 1.94 bits per heavy atom. The van der Waals surface area contributed by atoms with Crippen molar-refractivity contribution in [3.63, 3.8) is 0 Å². The predicted molar refractivity (Wildman–Crippen MR) is 64.5 cm³/mol. The normalized spacial score (nSPS) is 10.2. The second kappa shape index (κ2) is 6.14. The summed E-state index contributed by atoms with van der Waals surface area (Å²) in [7, 11) is 1.91. The second-order valence-electron chi connectivity index (χ2n) is 3.97. The molecule has 0 spiro atoms. The molecule has 0 N–H and O–H groups in total. The van der Waals surface area contributed by atoms with Crippen LogP contribution in [0.2, 0.25) is 0 Å². The van der Waals surface area contributed by atoms with E-state index in [2.05, 4.69) is 6.07 Å². The van der Waals surface area contributed by atoms with Gasteiger partial charge in [0.2, 0.25) is 0 Å². The molecule has 86 valence electrons. The average Bonchev–Trinajstić information content (AvgIpc) is 2.23. The van der Waals surface area contributed by atoms with Crippen LogP contribution in [0.4, 0.5) is 0 Å². The minimum absolute atomic E-state index is 0.441. The Balaban J connectivity index is 2.46. The van der Waals surface area contributed by atoms with Gasteiger partial charge in [-0.1, -0.05) is 18.2 Å². The number of benzene rings is 1. The van der Waals surface area contributed by atoms with E-state index in [9.17, 15) is 0 Å². The van der Waals surface area contributed by atoms with E-state index in [1.807, 2.05) is 44.0 Å². The minimum atomic E-state index is 0.441. The first kappa shape index (κ1) is 12.5. The summed E-state index contributed by atoms with van der Waals surface area (Å²) in [5.41, 5.74) is 2.31. The lowest BCUT2D eigenvalue weighted by atomic mass is 10.1. The predicted octanol–water partition coefficient (Wildman–Crippen LogP) is 2.14. The first-order valence-corrected chi connectivity index (χ1v) is 5.39. The van der Waals surface area contributed by atoms with Crippen LogP contribution in [0.25, 0.3) is 0 Å². The molecule has 0 aliphatic heterocycles. The molecule has 0 fully saturated rings. The van der Waals surface area contributed by atoms with E-state index in [4.69, 9.17) is 10.00 Å². The van der Waals surface area contributed by atoms with Gasteiger partial charge in [-0.3, -0.25) is 4.90 Å². The van der Waals surface area contributed by atoms with Crippen molar-refractivity contribution < 1.29 is 4.74 Å². The van der Waals surface area contributed by atoms with E-state index in [1.165, 1.54) is 0 Å². The third-order valence-corrected chi connectivity index (χ3v) is 2.47. The highest BCUT2D eigenvalue weighted by molar-refractivity contribution is 5.39. The van der Waals surface area contributed by atoms with Crippen molar-refractivity contribution in [1.29, 1.82) is 5.26 Å². The molecule has 16 heavy (non-hydrogen) atoms. The van der Waals surface area contributed by atoms with Crippen molar-refractivity contribution >= 4 is 0 Å². The highest BCUT2D eigenvalue weighted by Crippen LogP contribution is 2.21. The zero-order chi connectivity index (χ0) is 12.0. The summed E-state index contributed by atoms with van der Waals surface area (Å²) in [5, 5.41) is 8.51. The molecular formula is C13H18N2O. The van der Waals surface area contributed by atoms with Gasteiger partial charge in [-0.05, 0) is 32.0 Å². The van der Waals surface area contributed by atoms with Crippen molar-refractivity contribution in [3.8, 4) is 11.8 Å². The van der Waals surface area contributed by atoms with Gasteiger partial charge >= 0.3 is 0 Å². The number of rotatable bonds is 5. The van der Waals surface area contributed by atoms with Gasteiger partial charge in [0.15, 0.2) is 0 Å². The lowest BCUT2D eigenvalue weighted by Crippen LogP contribution is -2.24. The molecule has 0 saturated heterocycles.